The van der Waals surface area contributed by atoms with Crippen molar-refractivity contribution in [3.8, 4) is 0 Å². The standard InChI is InChI=1S/C19H33N5O2/c1-20-19(23-13-15-24(2)14-8-16-26-3)22-12-7-11-21-18(25)17-9-5-4-6-10-17/h4-6,9-10H,7-8,11-16H2,1-3H3,(H,21,25)(H2,20,22,23). The van der Waals surface area contributed by atoms with E-state index in [1.165, 1.54) is 0 Å². The molecule has 7 heteroatoms. The number of likely N-dealkylation sites (N-methyl/N-ethyl adjacent to an activating group) is 1. The fourth-order valence-corrected chi connectivity index (χ4v) is 2.37. The van der Waals surface area contributed by atoms with Crippen LogP contribution in [0.5, 0.6) is 0 Å². The van der Waals surface area contributed by atoms with Crippen LogP contribution in [0.25, 0.3) is 0 Å². The number of carbonyl (C=O) groups excluding carboxylic acids is 1. The summed E-state index contributed by atoms with van der Waals surface area (Å²) in [5, 5.41) is 9.47. The summed E-state index contributed by atoms with van der Waals surface area (Å²) in [6, 6.07) is 9.25. The minimum atomic E-state index is -0.0374. The largest absolute Gasteiger partial charge is 0.385 e. The first-order valence-corrected chi connectivity index (χ1v) is 9.12. The number of nitrogens with zero attached hydrogens (tertiary/aromatic N) is 2. The number of aliphatic imine (C=N–C) groups is 1. The van der Waals surface area contributed by atoms with Crippen molar-refractivity contribution in [2.45, 2.75) is 12.8 Å². The third-order valence-corrected chi connectivity index (χ3v) is 3.87. The predicted octanol–water partition coefficient (Wildman–Crippen LogP) is 0.940. The number of methoxy groups -OCH3 is 1. The van der Waals surface area contributed by atoms with Gasteiger partial charge < -0.3 is 25.6 Å². The zero-order valence-electron chi connectivity index (χ0n) is 16.3. The summed E-state index contributed by atoms with van der Waals surface area (Å²) in [7, 11) is 5.59. The molecule has 146 valence electrons. The van der Waals surface area contributed by atoms with E-state index in [1.807, 2.05) is 30.3 Å². The van der Waals surface area contributed by atoms with Crippen LogP contribution < -0.4 is 16.0 Å². The van der Waals surface area contributed by atoms with Crippen molar-refractivity contribution in [2.24, 2.45) is 4.99 Å². The van der Waals surface area contributed by atoms with Crippen molar-refractivity contribution in [2.75, 3.05) is 60.5 Å². The molecule has 0 bridgehead atoms. The van der Waals surface area contributed by atoms with Gasteiger partial charge in [-0.2, -0.15) is 0 Å². The van der Waals surface area contributed by atoms with Gasteiger partial charge in [-0.3, -0.25) is 9.79 Å². The molecule has 0 aliphatic heterocycles. The van der Waals surface area contributed by atoms with E-state index in [-0.39, 0.29) is 5.91 Å². The average Bonchev–Trinajstić information content (AvgIpc) is 2.67. The molecule has 0 aromatic heterocycles. The highest BCUT2D eigenvalue weighted by Crippen LogP contribution is 1.97. The lowest BCUT2D eigenvalue weighted by molar-refractivity contribution is 0.0953. The van der Waals surface area contributed by atoms with E-state index in [1.54, 1.807) is 14.2 Å². The summed E-state index contributed by atoms with van der Waals surface area (Å²) in [5.74, 6) is 0.745. The maximum atomic E-state index is 11.9. The van der Waals surface area contributed by atoms with Crippen molar-refractivity contribution in [1.29, 1.82) is 0 Å². The molecular formula is C19H33N5O2. The number of hydrogen-bond acceptors (Lipinski definition) is 4. The lowest BCUT2D eigenvalue weighted by atomic mass is 10.2. The minimum Gasteiger partial charge on any atom is -0.385 e. The summed E-state index contributed by atoms with van der Waals surface area (Å²) in [4.78, 5) is 18.4. The molecule has 7 nitrogen and oxygen atoms in total. The fourth-order valence-electron chi connectivity index (χ4n) is 2.37. The van der Waals surface area contributed by atoms with Crippen LogP contribution in [0.3, 0.4) is 0 Å². The van der Waals surface area contributed by atoms with Crippen LogP contribution in [0.4, 0.5) is 0 Å². The Morgan fingerprint density at radius 3 is 2.42 bits per heavy atom. The highest BCUT2D eigenvalue weighted by molar-refractivity contribution is 5.94. The Bertz CT molecular complexity index is 522. The normalized spacial score (nSPS) is 11.5. The van der Waals surface area contributed by atoms with E-state index >= 15 is 0 Å². The van der Waals surface area contributed by atoms with Gasteiger partial charge in [-0.05, 0) is 32.0 Å². The van der Waals surface area contributed by atoms with Gasteiger partial charge in [0.25, 0.3) is 5.91 Å². The van der Waals surface area contributed by atoms with Crippen LogP contribution in [-0.4, -0.2) is 77.3 Å². The third-order valence-electron chi connectivity index (χ3n) is 3.87. The van der Waals surface area contributed by atoms with Gasteiger partial charge in [0.05, 0.1) is 0 Å². The zero-order valence-corrected chi connectivity index (χ0v) is 16.3. The monoisotopic (exact) mass is 363 g/mol. The minimum absolute atomic E-state index is 0.0374. The van der Waals surface area contributed by atoms with Gasteiger partial charge in [-0.25, -0.2) is 0 Å². The number of benzene rings is 1. The fraction of sp³-hybridized carbons (Fsp3) is 0.579. The predicted molar refractivity (Wildman–Crippen MR) is 107 cm³/mol. The molecule has 0 atom stereocenters. The first-order chi connectivity index (χ1) is 12.7. The highest BCUT2D eigenvalue weighted by atomic mass is 16.5. The van der Waals surface area contributed by atoms with Gasteiger partial charge in [-0.1, -0.05) is 18.2 Å². The molecule has 0 saturated carbocycles. The second-order valence-electron chi connectivity index (χ2n) is 6.05. The molecule has 1 aromatic carbocycles. The topological polar surface area (TPSA) is 78.0 Å². The molecule has 0 aliphatic carbocycles. The second-order valence-corrected chi connectivity index (χ2v) is 6.05. The molecule has 0 saturated heterocycles. The first-order valence-electron chi connectivity index (χ1n) is 9.12. The van der Waals surface area contributed by atoms with Crippen LogP contribution in [0.2, 0.25) is 0 Å². The second kappa shape index (κ2) is 14.1. The van der Waals surface area contributed by atoms with Gasteiger partial charge in [0.1, 0.15) is 0 Å². The van der Waals surface area contributed by atoms with Crippen molar-refractivity contribution in [3.05, 3.63) is 35.9 Å². The Kier molecular flexibility index (Phi) is 11.9. The van der Waals surface area contributed by atoms with Crippen LogP contribution in [0.1, 0.15) is 23.2 Å². The smallest absolute Gasteiger partial charge is 0.251 e. The Balaban J connectivity index is 2.08. The van der Waals surface area contributed by atoms with Gasteiger partial charge in [0.15, 0.2) is 5.96 Å². The van der Waals surface area contributed by atoms with E-state index in [0.29, 0.717) is 12.1 Å². The van der Waals surface area contributed by atoms with Crippen LogP contribution in [-0.2, 0) is 4.74 Å². The first kappa shape index (κ1) is 21.9. The molecule has 26 heavy (non-hydrogen) atoms. The summed E-state index contributed by atoms with van der Waals surface area (Å²) < 4.78 is 5.06. The lowest BCUT2D eigenvalue weighted by Crippen LogP contribution is -2.42. The van der Waals surface area contributed by atoms with E-state index in [9.17, 15) is 4.79 Å². The molecule has 0 aliphatic rings. The Morgan fingerprint density at radius 1 is 1.04 bits per heavy atom. The molecule has 0 fully saturated rings. The quantitative estimate of drug-likeness (QED) is 0.293. The Labute approximate surface area is 157 Å². The maximum Gasteiger partial charge on any atom is 0.251 e. The number of nitrogens with one attached hydrogen (secondary N) is 3. The molecule has 3 N–H and O–H groups in total. The molecule has 0 spiro atoms. The maximum absolute atomic E-state index is 11.9. The molecule has 1 aromatic rings. The number of rotatable bonds is 12. The van der Waals surface area contributed by atoms with Gasteiger partial charge >= 0.3 is 0 Å². The Morgan fingerprint density at radius 2 is 1.73 bits per heavy atom. The van der Waals surface area contributed by atoms with Crippen molar-refractivity contribution < 1.29 is 9.53 Å². The summed E-state index contributed by atoms with van der Waals surface area (Å²) >= 11 is 0. The molecule has 0 unspecified atom stereocenters. The third kappa shape index (κ3) is 10.0. The number of hydrogen-bond donors (Lipinski definition) is 3. The van der Waals surface area contributed by atoms with E-state index in [0.717, 1.165) is 51.6 Å². The van der Waals surface area contributed by atoms with Crippen LogP contribution >= 0.6 is 0 Å². The van der Waals surface area contributed by atoms with Crippen molar-refractivity contribution in [1.82, 2.24) is 20.9 Å². The van der Waals surface area contributed by atoms with Gasteiger partial charge in [0, 0.05) is 59.1 Å². The van der Waals surface area contributed by atoms with Crippen molar-refractivity contribution in [3.63, 3.8) is 0 Å². The number of guanidine groups is 1. The van der Waals surface area contributed by atoms with Crippen LogP contribution in [0, 0.1) is 0 Å². The number of amides is 1. The summed E-state index contributed by atoms with van der Waals surface area (Å²) in [5.41, 5.74) is 0.688. The van der Waals surface area contributed by atoms with E-state index < -0.39 is 0 Å². The molecule has 0 radical (unpaired) electrons. The number of carbonyl (C=O) groups is 1. The van der Waals surface area contributed by atoms with Crippen LogP contribution in [0.15, 0.2) is 35.3 Å². The number of ether oxygens (including phenoxy) is 1. The summed E-state index contributed by atoms with van der Waals surface area (Å²) in [6.07, 6.45) is 1.87. The molecule has 0 heterocycles. The zero-order chi connectivity index (χ0) is 19.0. The highest BCUT2D eigenvalue weighted by Gasteiger charge is 2.03. The van der Waals surface area contributed by atoms with E-state index in [4.69, 9.17) is 4.74 Å². The van der Waals surface area contributed by atoms with E-state index in [2.05, 4.69) is 32.9 Å². The molecular weight excluding hydrogens is 330 g/mol. The van der Waals surface area contributed by atoms with Gasteiger partial charge in [0.2, 0.25) is 0 Å². The molecule has 1 amide bonds. The lowest BCUT2D eigenvalue weighted by Gasteiger charge is -2.18. The Hall–Kier alpha value is -2.12. The van der Waals surface area contributed by atoms with Crippen molar-refractivity contribution >= 4 is 11.9 Å². The molecule has 1 rings (SSSR count). The SMILES string of the molecule is CN=C(NCCCNC(=O)c1ccccc1)NCCN(C)CCCOC. The van der Waals surface area contributed by atoms with Gasteiger partial charge in [-0.15, -0.1) is 0 Å². The summed E-state index contributed by atoms with van der Waals surface area (Å²) in [6.45, 7) is 4.95. The average molecular weight is 364 g/mol.